The second-order valence-corrected chi connectivity index (χ2v) is 3.85. The molecule has 0 aromatic carbocycles. The molecule has 0 amide bonds. The molecule has 3 aromatic heterocycles. The van der Waals surface area contributed by atoms with Crippen molar-refractivity contribution in [3.63, 3.8) is 0 Å². The maximum absolute atomic E-state index is 5.74. The zero-order chi connectivity index (χ0) is 12.4. The quantitative estimate of drug-likeness (QED) is 0.721. The number of imidazole rings is 1. The molecule has 0 aliphatic carbocycles. The number of hydrogen-bond donors (Lipinski definition) is 2. The van der Waals surface area contributed by atoms with Gasteiger partial charge in [-0.1, -0.05) is 6.07 Å². The third kappa shape index (κ3) is 1.95. The fourth-order valence-electron chi connectivity index (χ4n) is 1.75. The molecule has 0 saturated carbocycles. The van der Waals surface area contributed by atoms with Crippen LogP contribution in [0.15, 0.2) is 43.0 Å². The predicted octanol–water partition coefficient (Wildman–Crippen LogP) is 1.32. The van der Waals surface area contributed by atoms with Gasteiger partial charge in [0.2, 0.25) is 0 Å². The van der Waals surface area contributed by atoms with Gasteiger partial charge in [-0.2, -0.15) is 0 Å². The smallest absolute Gasteiger partial charge is 0.180 e. The number of rotatable bonds is 3. The fourth-order valence-corrected chi connectivity index (χ4v) is 1.75. The molecule has 3 rings (SSSR count). The highest BCUT2D eigenvalue weighted by molar-refractivity contribution is 5.64. The number of fused-ring (bicyclic) bond motifs is 1. The highest BCUT2D eigenvalue weighted by atomic mass is 15.1. The van der Waals surface area contributed by atoms with E-state index >= 15 is 0 Å². The largest absolute Gasteiger partial charge is 0.382 e. The summed E-state index contributed by atoms with van der Waals surface area (Å²) in [4.78, 5) is 12.7. The summed E-state index contributed by atoms with van der Waals surface area (Å²) in [6.07, 6.45) is 7.03. The van der Waals surface area contributed by atoms with Crippen LogP contribution >= 0.6 is 0 Å². The van der Waals surface area contributed by atoms with Crippen molar-refractivity contribution >= 4 is 17.3 Å². The first-order valence-electron chi connectivity index (χ1n) is 5.56. The lowest BCUT2D eigenvalue weighted by atomic mass is 10.3. The summed E-state index contributed by atoms with van der Waals surface area (Å²) in [5.41, 5.74) is 7.42. The SMILES string of the molecule is Nc1cn2ccnc2c(NCc2ccccn2)n1. The predicted molar refractivity (Wildman–Crippen MR) is 69.0 cm³/mol. The Bertz CT molecular complexity index is 661. The summed E-state index contributed by atoms with van der Waals surface area (Å²) in [5, 5.41) is 3.19. The van der Waals surface area contributed by atoms with Crippen LogP contribution in [0.25, 0.3) is 5.65 Å². The van der Waals surface area contributed by atoms with E-state index in [1.54, 1.807) is 18.6 Å². The van der Waals surface area contributed by atoms with Crippen LogP contribution in [0.3, 0.4) is 0 Å². The van der Waals surface area contributed by atoms with Crippen LogP contribution in [0.4, 0.5) is 11.6 Å². The lowest BCUT2D eigenvalue weighted by Gasteiger charge is -2.07. The second kappa shape index (κ2) is 4.33. The summed E-state index contributed by atoms with van der Waals surface area (Å²) in [6.45, 7) is 0.583. The molecule has 0 aliphatic rings. The molecular weight excluding hydrogens is 228 g/mol. The molecule has 0 fully saturated rings. The summed E-state index contributed by atoms with van der Waals surface area (Å²) in [5.74, 6) is 1.11. The first kappa shape index (κ1) is 10.5. The van der Waals surface area contributed by atoms with Crippen LogP contribution in [0.2, 0.25) is 0 Å². The maximum atomic E-state index is 5.74. The molecular formula is C12H12N6. The molecule has 0 aliphatic heterocycles. The average molecular weight is 240 g/mol. The van der Waals surface area contributed by atoms with E-state index in [1.807, 2.05) is 28.8 Å². The molecule has 6 heteroatoms. The molecule has 0 radical (unpaired) electrons. The standard InChI is InChI=1S/C12H12N6/c13-10-8-18-6-5-15-12(18)11(17-10)16-7-9-3-1-2-4-14-9/h1-6,8H,7,13H2,(H,16,17). The van der Waals surface area contributed by atoms with E-state index in [2.05, 4.69) is 20.3 Å². The summed E-state index contributed by atoms with van der Waals surface area (Å²) in [6, 6.07) is 5.78. The van der Waals surface area contributed by atoms with Gasteiger partial charge in [0.25, 0.3) is 0 Å². The molecule has 3 heterocycles. The number of nitrogens with two attached hydrogens (primary N) is 1. The highest BCUT2D eigenvalue weighted by Gasteiger charge is 2.05. The van der Waals surface area contributed by atoms with Crippen molar-refractivity contribution in [2.24, 2.45) is 0 Å². The number of anilines is 2. The minimum absolute atomic E-state index is 0.448. The van der Waals surface area contributed by atoms with Crippen LogP contribution in [0.5, 0.6) is 0 Å². The number of aromatic nitrogens is 4. The summed E-state index contributed by atoms with van der Waals surface area (Å²) >= 11 is 0. The highest BCUT2D eigenvalue weighted by Crippen LogP contribution is 2.15. The molecule has 90 valence electrons. The van der Waals surface area contributed by atoms with Crippen molar-refractivity contribution in [3.05, 3.63) is 48.7 Å². The van der Waals surface area contributed by atoms with Crippen LogP contribution in [0, 0.1) is 0 Å². The molecule has 3 aromatic rings. The lowest BCUT2D eigenvalue weighted by molar-refractivity contribution is 1.02. The van der Waals surface area contributed by atoms with Crippen LogP contribution < -0.4 is 11.1 Å². The van der Waals surface area contributed by atoms with E-state index < -0.39 is 0 Å². The van der Waals surface area contributed by atoms with E-state index in [1.165, 1.54) is 0 Å². The van der Waals surface area contributed by atoms with Gasteiger partial charge < -0.3 is 15.5 Å². The average Bonchev–Trinajstić information content (AvgIpc) is 2.85. The van der Waals surface area contributed by atoms with E-state index in [9.17, 15) is 0 Å². The Balaban J connectivity index is 1.88. The zero-order valence-corrected chi connectivity index (χ0v) is 9.61. The van der Waals surface area contributed by atoms with Gasteiger partial charge in [0, 0.05) is 18.6 Å². The van der Waals surface area contributed by atoms with Crippen LogP contribution in [0.1, 0.15) is 5.69 Å². The number of pyridine rings is 1. The monoisotopic (exact) mass is 240 g/mol. The number of nitrogens with zero attached hydrogens (tertiary/aromatic N) is 4. The van der Waals surface area contributed by atoms with Gasteiger partial charge in [-0.3, -0.25) is 4.98 Å². The second-order valence-electron chi connectivity index (χ2n) is 3.85. The van der Waals surface area contributed by atoms with E-state index in [0.717, 1.165) is 11.3 Å². The van der Waals surface area contributed by atoms with Crippen molar-refractivity contribution in [2.45, 2.75) is 6.54 Å². The van der Waals surface area contributed by atoms with E-state index in [-0.39, 0.29) is 0 Å². The van der Waals surface area contributed by atoms with Crippen LogP contribution in [-0.2, 0) is 6.54 Å². The summed E-state index contributed by atoms with van der Waals surface area (Å²) in [7, 11) is 0. The maximum Gasteiger partial charge on any atom is 0.180 e. The van der Waals surface area contributed by atoms with Crippen molar-refractivity contribution in [2.75, 3.05) is 11.1 Å². The third-order valence-corrected chi connectivity index (χ3v) is 2.56. The molecule has 0 unspecified atom stereocenters. The summed E-state index contributed by atoms with van der Waals surface area (Å²) < 4.78 is 1.84. The zero-order valence-electron chi connectivity index (χ0n) is 9.61. The van der Waals surface area contributed by atoms with Gasteiger partial charge in [0.15, 0.2) is 11.5 Å². The van der Waals surface area contributed by atoms with Gasteiger partial charge in [-0.05, 0) is 12.1 Å². The Morgan fingerprint density at radius 3 is 3.00 bits per heavy atom. The van der Waals surface area contributed by atoms with Crippen molar-refractivity contribution in [3.8, 4) is 0 Å². The minimum atomic E-state index is 0.448. The van der Waals surface area contributed by atoms with E-state index in [4.69, 9.17) is 5.73 Å². The van der Waals surface area contributed by atoms with Gasteiger partial charge in [0.1, 0.15) is 5.82 Å². The molecule has 0 bridgehead atoms. The first-order chi connectivity index (χ1) is 8.83. The van der Waals surface area contributed by atoms with Crippen LogP contribution in [-0.4, -0.2) is 19.4 Å². The number of nitrogens with one attached hydrogen (secondary N) is 1. The van der Waals surface area contributed by atoms with Gasteiger partial charge >= 0.3 is 0 Å². The Hall–Kier alpha value is -2.63. The van der Waals surface area contributed by atoms with E-state index in [0.29, 0.717) is 18.2 Å². The van der Waals surface area contributed by atoms with Crippen molar-refractivity contribution in [1.82, 2.24) is 19.4 Å². The molecule has 3 N–H and O–H groups in total. The van der Waals surface area contributed by atoms with Crippen molar-refractivity contribution < 1.29 is 0 Å². The van der Waals surface area contributed by atoms with Gasteiger partial charge in [0.05, 0.1) is 18.4 Å². The van der Waals surface area contributed by atoms with Crippen molar-refractivity contribution in [1.29, 1.82) is 0 Å². The number of hydrogen-bond acceptors (Lipinski definition) is 5. The Kier molecular flexibility index (Phi) is 2.53. The topological polar surface area (TPSA) is 81.1 Å². The molecule has 0 atom stereocenters. The normalized spacial score (nSPS) is 10.7. The Morgan fingerprint density at radius 2 is 2.17 bits per heavy atom. The number of nitrogen functional groups attached to an aromatic ring is 1. The van der Waals surface area contributed by atoms with Gasteiger partial charge in [-0.15, -0.1) is 0 Å². The molecule has 0 spiro atoms. The fraction of sp³-hybridized carbons (Fsp3) is 0.0833. The molecule has 0 saturated heterocycles. The molecule has 6 nitrogen and oxygen atoms in total. The first-order valence-corrected chi connectivity index (χ1v) is 5.56. The van der Waals surface area contributed by atoms with Gasteiger partial charge in [-0.25, -0.2) is 9.97 Å². The third-order valence-electron chi connectivity index (χ3n) is 2.56. The lowest BCUT2D eigenvalue weighted by Crippen LogP contribution is -2.06. The molecule has 18 heavy (non-hydrogen) atoms. The Labute approximate surface area is 104 Å². The Morgan fingerprint density at radius 1 is 1.22 bits per heavy atom. The minimum Gasteiger partial charge on any atom is -0.382 e.